The van der Waals surface area contributed by atoms with Gasteiger partial charge in [0.15, 0.2) is 0 Å². The van der Waals surface area contributed by atoms with Gasteiger partial charge in [-0.25, -0.2) is 4.39 Å². The lowest BCUT2D eigenvalue weighted by atomic mass is 10.3. The van der Waals surface area contributed by atoms with Gasteiger partial charge in [0.1, 0.15) is 18.2 Å². The standard InChI is InChI=1S/C13H14FN3O/c1-15-7-12-2-3-13(8-17-12)18-9-10-4-11(14)6-16-5-10/h2-6,8,15H,7,9H2,1H3. The normalized spacial score (nSPS) is 10.3. The van der Waals surface area contributed by atoms with Crippen molar-refractivity contribution >= 4 is 0 Å². The van der Waals surface area contributed by atoms with Crippen LogP contribution in [-0.2, 0) is 13.2 Å². The molecular weight excluding hydrogens is 233 g/mol. The zero-order chi connectivity index (χ0) is 12.8. The van der Waals surface area contributed by atoms with Crippen molar-refractivity contribution in [3.63, 3.8) is 0 Å². The summed E-state index contributed by atoms with van der Waals surface area (Å²) in [4.78, 5) is 7.98. The van der Waals surface area contributed by atoms with Crippen molar-refractivity contribution in [1.29, 1.82) is 0 Å². The molecule has 0 amide bonds. The summed E-state index contributed by atoms with van der Waals surface area (Å²) in [6, 6.07) is 5.12. The van der Waals surface area contributed by atoms with Gasteiger partial charge in [-0.05, 0) is 25.2 Å². The van der Waals surface area contributed by atoms with Crippen LogP contribution in [0.5, 0.6) is 5.75 Å². The van der Waals surface area contributed by atoms with Crippen LogP contribution in [0, 0.1) is 5.82 Å². The average molecular weight is 247 g/mol. The molecule has 0 saturated carbocycles. The molecule has 0 spiro atoms. The fraction of sp³-hybridized carbons (Fsp3) is 0.231. The number of nitrogens with one attached hydrogen (secondary N) is 1. The zero-order valence-corrected chi connectivity index (χ0v) is 10.1. The number of aromatic nitrogens is 2. The van der Waals surface area contributed by atoms with E-state index in [9.17, 15) is 4.39 Å². The third kappa shape index (κ3) is 3.49. The second-order valence-corrected chi connectivity index (χ2v) is 3.82. The van der Waals surface area contributed by atoms with Crippen molar-refractivity contribution in [2.75, 3.05) is 7.05 Å². The van der Waals surface area contributed by atoms with Crippen LogP contribution >= 0.6 is 0 Å². The number of rotatable bonds is 5. The number of hydrogen-bond donors (Lipinski definition) is 1. The largest absolute Gasteiger partial charge is 0.487 e. The molecule has 0 fully saturated rings. The van der Waals surface area contributed by atoms with Gasteiger partial charge in [-0.1, -0.05) is 0 Å². The first-order chi connectivity index (χ1) is 8.78. The molecule has 0 atom stereocenters. The SMILES string of the molecule is CNCc1ccc(OCc2cncc(F)c2)cn1. The zero-order valence-electron chi connectivity index (χ0n) is 10.1. The maximum Gasteiger partial charge on any atom is 0.141 e. The first-order valence-electron chi connectivity index (χ1n) is 5.59. The van der Waals surface area contributed by atoms with Gasteiger partial charge < -0.3 is 10.1 Å². The van der Waals surface area contributed by atoms with E-state index in [1.165, 1.54) is 6.07 Å². The van der Waals surface area contributed by atoms with E-state index in [-0.39, 0.29) is 12.4 Å². The molecule has 2 rings (SSSR count). The van der Waals surface area contributed by atoms with Crippen LogP contribution < -0.4 is 10.1 Å². The van der Waals surface area contributed by atoms with Gasteiger partial charge in [0.25, 0.3) is 0 Å². The summed E-state index contributed by atoms with van der Waals surface area (Å²) < 4.78 is 18.4. The Morgan fingerprint density at radius 2 is 2.17 bits per heavy atom. The summed E-state index contributed by atoms with van der Waals surface area (Å²) in [6.07, 6.45) is 4.39. The van der Waals surface area contributed by atoms with Gasteiger partial charge in [0, 0.05) is 18.3 Å². The number of nitrogens with zero attached hydrogens (tertiary/aromatic N) is 2. The Morgan fingerprint density at radius 1 is 1.28 bits per heavy atom. The van der Waals surface area contributed by atoms with E-state index in [1.807, 2.05) is 19.2 Å². The Bertz CT molecular complexity index is 502. The molecule has 2 aromatic rings. The van der Waals surface area contributed by atoms with Crippen molar-refractivity contribution in [1.82, 2.24) is 15.3 Å². The van der Waals surface area contributed by atoms with E-state index in [2.05, 4.69) is 15.3 Å². The molecule has 5 heteroatoms. The number of halogens is 1. The van der Waals surface area contributed by atoms with Crippen LogP contribution in [0.15, 0.2) is 36.8 Å². The molecule has 0 aromatic carbocycles. The Kier molecular flexibility index (Phi) is 4.20. The lowest BCUT2D eigenvalue weighted by Gasteiger charge is -2.06. The first kappa shape index (κ1) is 12.4. The lowest BCUT2D eigenvalue weighted by molar-refractivity contribution is 0.303. The van der Waals surface area contributed by atoms with E-state index in [1.54, 1.807) is 12.4 Å². The van der Waals surface area contributed by atoms with Crippen molar-refractivity contribution in [3.05, 3.63) is 53.9 Å². The molecule has 18 heavy (non-hydrogen) atoms. The van der Waals surface area contributed by atoms with Crippen LogP contribution in [0.4, 0.5) is 4.39 Å². The Hall–Kier alpha value is -2.01. The number of hydrogen-bond acceptors (Lipinski definition) is 4. The summed E-state index contributed by atoms with van der Waals surface area (Å²) in [5, 5.41) is 3.01. The van der Waals surface area contributed by atoms with E-state index in [0.29, 0.717) is 17.9 Å². The second-order valence-electron chi connectivity index (χ2n) is 3.82. The lowest BCUT2D eigenvalue weighted by Crippen LogP contribution is -2.06. The second kappa shape index (κ2) is 6.07. The van der Waals surface area contributed by atoms with Gasteiger partial charge in [0.2, 0.25) is 0 Å². The van der Waals surface area contributed by atoms with Crippen molar-refractivity contribution in [3.8, 4) is 5.75 Å². The van der Waals surface area contributed by atoms with E-state index in [4.69, 9.17) is 4.74 Å². The predicted molar refractivity (Wildman–Crippen MR) is 65.5 cm³/mol. The topological polar surface area (TPSA) is 47.0 Å². The molecule has 94 valence electrons. The van der Waals surface area contributed by atoms with Gasteiger partial charge in [-0.3, -0.25) is 9.97 Å². The smallest absolute Gasteiger partial charge is 0.141 e. The molecule has 2 aromatic heterocycles. The Balaban J connectivity index is 1.93. The quantitative estimate of drug-likeness (QED) is 0.876. The molecule has 1 N–H and O–H groups in total. The maximum atomic E-state index is 12.9. The summed E-state index contributed by atoms with van der Waals surface area (Å²) in [7, 11) is 1.86. The maximum absolute atomic E-state index is 12.9. The molecule has 2 heterocycles. The van der Waals surface area contributed by atoms with Gasteiger partial charge in [0.05, 0.1) is 18.1 Å². The molecule has 0 bridgehead atoms. The summed E-state index contributed by atoms with van der Waals surface area (Å²) >= 11 is 0. The molecule has 4 nitrogen and oxygen atoms in total. The van der Waals surface area contributed by atoms with Gasteiger partial charge >= 0.3 is 0 Å². The monoisotopic (exact) mass is 247 g/mol. The van der Waals surface area contributed by atoms with Crippen molar-refractivity contribution in [2.24, 2.45) is 0 Å². The molecule has 0 unspecified atom stereocenters. The summed E-state index contributed by atoms with van der Waals surface area (Å²) in [6.45, 7) is 0.992. The molecule has 0 aliphatic carbocycles. The highest BCUT2D eigenvalue weighted by atomic mass is 19.1. The fourth-order valence-corrected chi connectivity index (χ4v) is 1.48. The Labute approximate surface area is 105 Å². The van der Waals surface area contributed by atoms with Crippen LogP contribution in [-0.4, -0.2) is 17.0 Å². The third-order valence-corrected chi connectivity index (χ3v) is 2.32. The number of ether oxygens (including phenoxy) is 1. The summed E-state index contributed by atoms with van der Waals surface area (Å²) in [5.74, 6) is 0.290. The molecule has 0 radical (unpaired) electrons. The molecular formula is C13H14FN3O. The average Bonchev–Trinajstić information content (AvgIpc) is 2.38. The minimum Gasteiger partial charge on any atom is -0.487 e. The summed E-state index contributed by atoms with van der Waals surface area (Å²) in [5.41, 5.74) is 1.63. The molecule has 0 aliphatic rings. The van der Waals surface area contributed by atoms with Gasteiger partial charge in [-0.2, -0.15) is 0 Å². The highest BCUT2D eigenvalue weighted by molar-refractivity contribution is 5.20. The van der Waals surface area contributed by atoms with Crippen LogP contribution in [0.3, 0.4) is 0 Å². The third-order valence-electron chi connectivity index (χ3n) is 2.32. The first-order valence-corrected chi connectivity index (χ1v) is 5.59. The van der Waals surface area contributed by atoms with E-state index >= 15 is 0 Å². The van der Waals surface area contributed by atoms with Crippen molar-refractivity contribution in [2.45, 2.75) is 13.2 Å². The molecule has 0 saturated heterocycles. The fourth-order valence-electron chi connectivity index (χ4n) is 1.48. The number of pyridine rings is 2. The van der Waals surface area contributed by atoms with Gasteiger partial charge in [-0.15, -0.1) is 0 Å². The minimum atomic E-state index is -0.362. The van der Waals surface area contributed by atoms with E-state index < -0.39 is 0 Å². The molecule has 0 aliphatic heterocycles. The highest BCUT2D eigenvalue weighted by Gasteiger charge is 1.99. The Morgan fingerprint density at radius 3 is 2.83 bits per heavy atom. The van der Waals surface area contributed by atoms with Crippen LogP contribution in [0.1, 0.15) is 11.3 Å². The van der Waals surface area contributed by atoms with Crippen LogP contribution in [0.2, 0.25) is 0 Å². The van der Waals surface area contributed by atoms with E-state index in [0.717, 1.165) is 11.9 Å². The highest BCUT2D eigenvalue weighted by Crippen LogP contribution is 2.12. The predicted octanol–water partition coefficient (Wildman–Crippen LogP) is 1.91. The van der Waals surface area contributed by atoms with Crippen LogP contribution in [0.25, 0.3) is 0 Å². The minimum absolute atomic E-state index is 0.276. The van der Waals surface area contributed by atoms with Crippen molar-refractivity contribution < 1.29 is 9.13 Å².